The molecule has 0 saturated heterocycles. The first-order chi connectivity index (χ1) is 29.5. The van der Waals surface area contributed by atoms with E-state index in [1.54, 1.807) is 12.1 Å². The van der Waals surface area contributed by atoms with Crippen molar-refractivity contribution in [2.75, 3.05) is 4.90 Å². The Kier molecular flexibility index (Phi) is 7.56. The third-order valence-electron chi connectivity index (χ3n) is 11.4. The highest BCUT2D eigenvalue weighted by molar-refractivity contribution is 6.13. The largest absolute Gasteiger partial charge is 0.355 e. The predicted octanol–water partition coefficient (Wildman–Crippen LogP) is 12.5. The standard InChI is InChI=1S/C52H28N8/c53-28-32-19-33(29-54)22-39(21-32)59-49-11-5-2-8-42(49)45-26-37(14-17-51(45)59)58(36-13-16-48-44(25-36)41-7-1-4-10-47(41)57-48)38-15-18-52-46(27-38)43-9-3-6-12-50(43)60(52)40-23-34(30-55)20-35(24-40)31-56/h1-27,57H. The van der Waals surface area contributed by atoms with Crippen molar-refractivity contribution < 1.29 is 0 Å². The van der Waals surface area contributed by atoms with Gasteiger partial charge in [0.25, 0.3) is 0 Å². The molecule has 11 aromatic rings. The highest BCUT2D eigenvalue weighted by Gasteiger charge is 2.21. The summed E-state index contributed by atoms with van der Waals surface area (Å²) >= 11 is 0. The van der Waals surface area contributed by atoms with Crippen molar-refractivity contribution in [3.63, 3.8) is 0 Å². The van der Waals surface area contributed by atoms with Crippen molar-refractivity contribution >= 4 is 82.5 Å². The van der Waals surface area contributed by atoms with E-state index in [9.17, 15) is 21.0 Å². The van der Waals surface area contributed by atoms with Crippen LogP contribution in [0.25, 0.3) is 76.8 Å². The highest BCUT2D eigenvalue weighted by Crippen LogP contribution is 2.43. The number of aromatic nitrogens is 3. The van der Waals surface area contributed by atoms with Crippen LogP contribution in [0.2, 0.25) is 0 Å². The number of fused-ring (bicyclic) bond motifs is 9. The molecule has 0 amide bonds. The number of para-hydroxylation sites is 3. The molecular weight excluding hydrogens is 737 g/mol. The third kappa shape index (κ3) is 5.20. The van der Waals surface area contributed by atoms with Crippen LogP contribution in [0.15, 0.2) is 164 Å². The van der Waals surface area contributed by atoms with E-state index in [-0.39, 0.29) is 0 Å². The van der Waals surface area contributed by atoms with Gasteiger partial charge in [0.1, 0.15) is 0 Å². The van der Waals surface area contributed by atoms with Gasteiger partial charge in [-0.2, -0.15) is 21.0 Å². The molecule has 0 aliphatic heterocycles. The quantitative estimate of drug-likeness (QED) is 0.187. The number of hydrogen-bond acceptors (Lipinski definition) is 5. The molecule has 60 heavy (non-hydrogen) atoms. The molecule has 0 spiro atoms. The van der Waals surface area contributed by atoms with E-state index in [2.05, 4.69) is 140 Å². The molecule has 0 atom stereocenters. The molecule has 8 nitrogen and oxygen atoms in total. The Morgan fingerprint density at radius 3 is 1.22 bits per heavy atom. The van der Waals surface area contributed by atoms with E-state index < -0.39 is 0 Å². The zero-order valence-corrected chi connectivity index (χ0v) is 31.7. The van der Waals surface area contributed by atoms with Crippen molar-refractivity contribution in [3.8, 4) is 35.7 Å². The van der Waals surface area contributed by atoms with Crippen LogP contribution < -0.4 is 4.90 Å². The van der Waals surface area contributed by atoms with Gasteiger partial charge in [-0.05, 0) is 109 Å². The SMILES string of the molecule is N#Cc1cc(C#N)cc(-n2c3ccccc3c3cc(N(c4ccc5[nH]c6ccccc6c5c4)c4ccc5c(c4)c4ccccc4n5-c4cc(C#N)cc(C#N)c4)ccc32)c1. The van der Waals surface area contributed by atoms with Gasteiger partial charge < -0.3 is 19.0 Å². The molecular formula is C52H28N8. The average Bonchev–Trinajstić information content (AvgIpc) is 3.96. The van der Waals surface area contributed by atoms with Crippen molar-refractivity contribution in [3.05, 3.63) is 186 Å². The Labute approximate surface area is 343 Å². The Morgan fingerprint density at radius 2 is 0.733 bits per heavy atom. The maximum absolute atomic E-state index is 9.86. The summed E-state index contributed by atoms with van der Waals surface area (Å²) in [6, 6.07) is 63.6. The minimum absolute atomic E-state index is 0.422. The number of anilines is 3. The van der Waals surface area contributed by atoms with Crippen molar-refractivity contribution in [2.24, 2.45) is 0 Å². The fourth-order valence-corrected chi connectivity index (χ4v) is 8.92. The normalized spacial score (nSPS) is 11.3. The summed E-state index contributed by atoms with van der Waals surface area (Å²) in [6.07, 6.45) is 0. The number of hydrogen-bond donors (Lipinski definition) is 1. The molecule has 3 aromatic heterocycles. The van der Waals surface area contributed by atoms with Gasteiger partial charge in [0.05, 0.1) is 68.6 Å². The number of nitriles is 4. The fourth-order valence-electron chi connectivity index (χ4n) is 8.92. The Balaban J connectivity index is 1.17. The maximum atomic E-state index is 9.86. The molecule has 0 bridgehead atoms. The fraction of sp³-hybridized carbons (Fsp3) is 0. The van der Waals surface area contributed by atoms with Gasteiger partial charge in [0, 0.05) is 71.8 Å². The van der Waals surface area contributed by atoms with Crippen molar-refractivity contribution in [1.82, 2.24) is 14.1 Å². The van der Waals surface area contributed by atoms with Crippen LogP contribution in [0.5, 0.6) is 0 Å². The summed E-state index contributed by atoms with van der Waals surface area (Å²) in [7, 11) is 0. The van der Waals surface area contributed by atoms with Gasteiger partial charge in [-0.25, -0.2) is 0 Å². The first-order valence-corrected chi connectivity index (χ1v) is 19.3. The van der Waals surface area contributed by atoms with Gasteiger partial charge >= 0.3 is 0 Å². The lowest BCUT2D eigenvalue weighted by Crippen LogP contribution is -2.10. The number of benzene rings is 8. The van der Waals surface area contributed by atoms with E-state index in [1.807, 2.05) is 54.6 Å². The summed E-state index contributed by atoms with van der Waals surface area (Å²) < 4.78 is 4.25. The van der Waals surface area contributed by atoms with Gasteiger partial charge in [-0.1, -0.05) is 54.6 Å². The van der Waals surface area contributed by atoms with Crippen LogP contribution >= 0.6 is 0 Å². The molecule has 0 aliphatic carbocycles. The Bertz CT molecular complexity index is 3540. The summed E-state index contributed by atoms with van der Waals surface area (Å²) in [5.41, 5.74) is 12.0. The highest BCUT2D eigenvalue weighted by atomic mass is 15.1. The van der Waals surface area contributed by atoms with Crippen molar-refractivity contribution in [1.29, 1.82) is 21.0 Å². The second-order valence-corrected chi connectivity index (χ2v) is 14.8. The third-order valence-corrected chi connectivity index (χ3v) is 11.4. The molecule has 0 fully saturated rings. The predicted molar refractivity (Wildman–Crippen MR) is 238 cm³/mol. The molecule has 0 saturated carbocycles. The van der Waals surface area contributed by atoms with Gasteiger partial charge in [0.15, 0.2) is 0 Å². The zero-order chi connectivity index (χ0) is 40.5. The second kappa shape index (κ2) is 13.3. The van der Waals surface area contributed by atoms with Crippen molar-refractivity contribution in [2.45, 2.75) is 0 Å². The van der Waals surface area contributed by atoms with E-state index in [0.717, 1.165) is 93.9 Å². The number of nitrogens with one attached hydrogen (secondary N) is 1. The Morgan fingerprint density at radius 1 is 0.350 bits per heavy atom. The smallest absolute Gasteiger partial charge is 0.0992 e. The summed E-state index contributed by atoms with van der Waals surface area (Å²) in [4.78, 5) is 5.86. The Hall–Kier alpha value is -9.08. The van der Waals surface area contributed by atoms with Gasteiger partial charge in [-0.3, -0.25) is 0 Å². The molecule has 8 heteroatoms. The van der Waals surface area contributed by atoms with Crippen LogP contribution in [0.1, 0.15) is 22.3 Å². The van der Waals surface area contributed by atoms with Gasteiger partial charge in [-0.15, -0.1) is 0 Å². The lowest BCUT2D eigenvalue weighted by molar-refractivity contribution is 1.17. The monoisotopic (exact) mass is 764 g/mol. The van der Waals surface area contributed by atoms with Gasteiger partial charge in [0.2, 0.25) is 0 Å². The second-order valence-electron chi connectivity index (χ2n) is 14.8. The first-order valence-electron chi connectivity index (χ1n) is 19.3. The topological polar surface area (TPSA) is 124 Å². The first kappa shape index (κ1) is 34.2. The zero-order valence-electron chi connectivity index (χ0n) is 31.7. The lowest BCUT2D eigenvalue weighted by Gasteiger charge is -2.26. The van der Waals surface area contributed by atoms with E-state index in [0.29, 0.717) is 22.3 Å². The number of rotatable bonds is 5. The molecule has 276 valence electrons. The van der Waals surface area contributed by atoms with E-state index in [4.69, 9.17) is 0 Å². The summed E-state index contributed by atoms with van der Waals surface area (Å²) in [5.74, 6) is 0. The summed E-state index contributed by atoms with van der Waals surface area (Å²) in [5, 5.41) is 45.8. The number of aromatic amines is 1. The maximum Gasteiger partial charge on any atom is 0.0992 e. The summed E-state index contributed by atoms with van der Waals surface area (Å²) in [6.45, 7) is 0. The van der Waals surface area contributed by atoms with Crippen LogP contribution in [0.3, 0.4) is 0 Å². The minimum Gasteiger partial charge on any atom is -0.355 e. The van der Waals surface area contributed by atoms with Crippen LogP contribution in [-0.4, -0.2) is 14.1 Å². The number of H-pyrrole nitrogens is 1. The molecule has 0 radical (unpaired) electrons. The van der Waals surface area contributed by atoms with Crippen LogP contribution in [-0.2, 0) is 0 Å². The minimum atomic E-state index is 0.422. The molecule has 3 heterocycles. The molecule has 0 aliphatic rings. The van der Waals surface area contributed by atoms with Crippen LogP contribution in [0.4, 0.5) is 17.1 Å². The molecule has 11 rings (SSSR count). The van der Waals surface area contributed by atoms with E-state index >= 15 is 0 Å². The molecule has 0 unspecified atom stereocenters. The number of nitrogens with zero attached hydrogens (tertiary/aromatic N) is 7. The van der Waals surface area contributed by atoms with E-state index in [1.165, 1.54) is 0 Å². The molecule has 8 aromatic carbocycles. The molecule has 1 N–H and O–H groups in total. The average molecular weight is 765 g/mol. The lowest BCUT2D eigenvalue weighted by atomic mass is 10.1. The van der Waals surface area contributed by atoms with Crippen LogP contribution in [0, 0.1) is 45.3 Å².